The van der Waals surface area contributed by atoms with Crippen LogP contribution in [0.1, 0.15) is 18.4 Å². The largest absolute Gasteiger partial charge is 0.496 e. The summed E-state index contributed by atoms with van der Waals surface area (Å²) in [4.78, 5) is 8.48. The average Bonchev–Trinajstić information content (AvgIpc) is 3.32. The van der Waals surface area contributed by atoms with Crippen molar-refractivity contribution in [3.8, 4) is 5.75 Å². The van der Waals surface area contributed by atoms with E-state index in [9.17, 15) is 0 Å². The van der Waals surface area contributed by atoms with Crippen molar-refractivity contribution in [3.63, 3.8) is 0 Å². The van der Waals surface area contributed by atoms with Gasteiger partial charge in [0.25, 0.3) is 0 Å². The van der Waals surface area contributed by atoms with Gasteiger partial charge in [-0.15, -0.1) is 0 Å². The standard InChI is InChI=1S/C16H20N4O/c1-21-14-5-3-2-4-12(14)8-9-17-15-10-16(19-11-18-15)20-13-6-7-13/h2-5,10-11,13H,6-9H2,1H3,(H2,17,18,19,20). The van der Waals surface area contributed by atoms with Gasteiger partial charge in [0.1, 0.15) is 23.7 Å². The van der Waals surface area contributed by atoms with E-state index < -0.39 is 0 Å². The van der Waals surface area contributed by atoms with Crippen LogP contribution >= 0.6 is 0 Å². The molecule has 5 heteroatoms. The van der Waals surface area contributed by atoms with Gasteiger partial charge in [-0.1, -0.05) is 18.2 Å². The number of methoxy groups -OCH3 is 1. The molecule has 0 atom stereocenters. The number of nitrogens with zero attached hydrogens (tertiary/aromatic N) is 2. The number of rotatable bonds is 7. The lowest BCUT2D eigenvalue weighted by atomic mass is 10.1. The van der Waals surface area contributed by atoms with E-state index in [1.54, 1.807) is 13.4 Å². The predicted molar refractivity (Wildman–Crippen MR) is 83.9 cm³/mol. The van der Waals surface area contributed by atoms with E-state index in [0.717, 1.165) is 30.4 Å². The number of hydrogen-bond donors (Lipinski definition) is 2. The monoisotopic (exact) mass is 284 g/mol. The molecule has 21 heavy (non-hydrogen) atoms. The van der Waals surface area contributed by atoms with Crippen molar-refractivity contribution in [1.29, 1.82) is 0 Å². The lowest BCUT2D eigenvalue weighted by Crippen LogP contribution is -2.09. The van der Waals surface area contributed by atoms with Crippen LogP contribution in [-0.4, -0.2) is 29.7 Å². The Labute approximate surface area is 124 Å². The van der Waals surface area contributed by atoms with Crippen LogP contribution in [0.25, 0.3) is 0 Å². The summed E-state index contributed by atoms with van der Waals surface area (Å²) in [6.07, 6.45) is 4.96. The fraction of sp³-hybridized carbons (Fsp3) is 0.375. The van der Waals surface area contributed by atoms with Gasteiger partial charge in [-0.2, -0.15) is 0 Å². The molecule has 0 saturated heterocycles. The van der Waals surface area contributed by atoms with Gasteiger partial charge < -0.3 is 15.4 Å². The minimum absolute atomic E-state index is 0.598. The summed E-state index contributed by atoms with van der Waals surface area (Å²) in [7, 11) is 1.70. The molecule has 1 fully saturated rings. The zero-order chi connectivity index (χ0) is 14.5. The van der Waals surface area contributed by atoms with E-state index in [0.29, 0.717) is 6.04 Å². The van der Waals surface area contributed by atoms with Gasteiger partial charge in [0, 0.05) is 18.7 Å². The van der Waals surface area contributed by atoms with Crippen LogP contribution in [0.2, 0.25) is 0 Å². The minimum atomic E-state index is 0.598. The number of benzene rings is 1. The van der Waals surface area contributed by atoms with E-state index in [4.69, 9.17) is 4.74 Å². The second-order valence-corrected chi connectivity index (χ2v) is 5.20. The van der Waals surface area contributed by atoms with Crippen LogP contribution in [0.5, 0.6) is 5.75 Å². The van der Waals surface area contributed by atoms with Crippen molar-refractivity contribution in [3.05, 3.63) is 42.2 Å². The third-order valence-corrected chi connectivity index (χ3v) is 3.49. The maximum Gasteiger partial charge on any atom is 0.131 e. The van der Waals surface area contributed by atoms with Crippen molar-refractivity contribution in [2.75, 3.05) is 24.3 Å². The molecule has 3 rings (SSSR count). The van der Waals surface area contributed by atoms with Crippen LogP contribution in [0, 0.1) is 0 Å². The van der Waals surface area contributed by atoms with Gasteiger partial charge >= 0.3 is 0 Å². The molecule has 1 aromatic carbocycles. The quantitative estimate of drug-likeness (QED) is 0.818. The summed E-state index contributed by atoms with van der Waals surface area (Å²) < 4.78 is 5.35. The smallest absolute Gasteiger partial charge is 0.131 e. The van der Waals surface area contributed by atoms with Crippen LogP contribution in [0.15, 0.2) is 36.7 Å². The summed E-state index contributed by atoms with van der Waals surface area (Å²) in [5.74, 6) is 2.67. The van der Waals surface area contributed by atoms with Gasteiger partial charge in [-0.25, -0.2) is 9.97 Å². The number of para-hydroxylation sites is 1. The minimum Gasteiger partial charge on any atom is -0.496 e. The molecule has 0 radical (unpaired) electrons. The molecule has 1 aromatic heterocycles. The number of ether oxygens (including phenoxy) is 1. The van der Waals surface area contributed by atoms with Gasteiger partial charge in [-0.3, -0.25) is 0 Å². The molecule has 2 N–H and O–H groups in total. The Balaban J connectivity index is 1.54. The highest BCUT2D eigenvalue weighted by atomic mass is 16.5. The number of anilines is 2. The first kappa shape index (κ1) is 13.7. The Morgan fingerprint density at radius 3 is 2.81 bits per heavy atom. The first-order valence-electron chi connectivity index (χ1n) is 7.29. The Hall–Kier alpha value is -2.30. The van der Waals surface area contributed by atoms with E-state index in [2.05, 4.69) is 26.7 Å². The SMILES string of the molecule is COc1ccccc1CCNc1cc(NC2CC2)ncn1. The number of hydrogen-bond acceptors (Lipinski definition) is 5. The van der Waals surface area contributed by atoms with Crippen molar-refractivity contribution in [2.45, 2.75) is 25.3 Å². The molecule has 1 heterocycles. The molecule has 0 bridgehead atoms. The van der Waals surface area contributed by atoms with E-state index in [1.165, 1.54) is 18.4 Å². The first-order valence-corrected chi connectivity index (χ1v) is 7.29. The van der Waals surface area contributed by atoms with Gasteiger partial charge in [0.05, 0.1) is 7.11 Å². The molecule has 0 aliphatic heterocycles. The highest BCUT2D eigenvalue weighted by molar-refractivity contribution is 5.47. The molecular formula is C16H20N4O. The van der Waals surface area contributed by atoms with Crippen LogP contribution in [0.3, 0.4) is 0 Å². The molecule has 0 amide bonds. The highest BCUT2D eigenvalue weighted by Crippen LogP contribution is 2.24. The zero-order valence-electron chi connectivity index (χ0n) is 12.2. The van der Waals surface area contributed by atoms with Crippen LogP contribution in [0.4, 0.5) is 11.6 Å². The van der Waals surface area contributed by atoms with Crippen molar-refractivity contribution < 1.29 is 4.74 Å². The molecule has 1 aliphatic carbocycles. The third kappa shape index (κ3) is 3.84. The molecule has 0 unspecified atom stereocenters. The maximum absolute atomic E-state index is 5.35. The second-order valence-electron chi connectivity index (χ2n) is 5.20. The predicted octanol–water partition coefficient (Wildman–Crippen LogP) is 2.71. The van der Waals surface area contributed by atoms with E-state index in [1.807, 2.05) is 24.3 Å². The van der Waals surface area contributed by atoms with Gasteiger partial charge in [0.2, 0.25) is 0 Å². The lowest BCUT2D eigenvalue weighted by molar-refractivity contribution is 0.410. The molecule has 0 spiro atoms. The summed E-state index contributed by atoms with van der Waals surface area (Å²) in [6.45, 7) is 0.806. The summed E-state index contributed by atoms with van der Waals surface area (Å²) >= 11 is 0. The second kappa shape index (κ2) is 6.43. The van der Waals surface area contributed by atoms with Crippen molar-refractivity contribution in [2.24, 2.45) is 0 Å². The Morgan fingerprint density at radius 2 is 2.00 bits per heavy atom. The lowest BCUT2D eigenvalue weighted by Gasteiger charge is -2.10. The van der Waals surface area contributed by atoms with Crippen LogP contribution in [-0.2, 0) is 6.42 Å². The van der Waals surface area contributed by atoms with Gasteiger partial charge in [0.15, 0.2) is 0 Å². The highest BCUT2D eigenvalue weighted by Gasteiger charge is 2.21. The molecular weight excluding hydrogens is 264 g/mol. The van der Waals surface area contributed by atoms with Gasteiger partial charge in [-0.05, 0) is 30.9 Å². The average molecular weight is 284 g/mol. The fourth-order valence-corrected chi connectivity index (χ4v) is 2.20. The van der Waals surface area contributed by atoms with Crippen molar-refractivity contribution >= 4 is 11.6 Å². The first-order chi connectivity index (χ1) is 10.3. The Morgan fingerprint density at radius 1 is 1.19 bits per heavy atom. The maximum atomic E-state index is 5.35. The summed E-state index contributed by atoms with van der Waals surface area (Å²) in [6, 6.07) is 10.6. The third-order valence-electron chi connectivity index (χ3n) is 3.49. The molecule has 2 aromatic rings. The normalized spacial score (nSPS) is 13.8. The van der Waals surface area contributed by atoms with Crippen molar-refractivity contribution in [1.82, 2.24) is 9.97 Å². The van der Waals surface area contributed by atoms with E-state index in [-0.39, 0.29) is 0 Å². The fourth-order valence-electron chi connectivity index (χ4n) is 2.20. The summed E-state index contributed by atoms with van der Waals surface area (Å²) in [5.41, 5.74) is 1.19. The molecule has 110 valence electrons. The topological polar surface area (TPSA) is 59.1 Å². The Bertz CT molecular complexity index is 598. The number of aromatic nitrogens is 2. The Kier molecular flexibility index (Phi) is 4.19. The number of nitrogens with one attached hydrogen (secondary N) is 2. The zero-order valence-corrected chi connectivity index (χ0v) is 12.2. The molecule has 5 nitrogen and oxygen atoms in total. The summed E-state index contributed by atoms with van der Waals surface area (Å²) in [5, 5.41) is 6.70. The van der Waals surface area contributed by atoms with Crippen LogP contribution < -0.4 is 15.4 Å². The molecule has 1 aliphatic rings. The molecule has 1 saturated carbocycles. The van der Waals surface area contributed by atoms with E-state index >= 15 is 0 Å².